The summed E-state index contributed by atoms with van der Waals surface area (Å²) in [7, 11) is 3.42. The minimum Gasteiger partial charge on any atom is -0.497 e. The van der Waals surface area contributed by atoms with Crippen molar-refractivity contribution in [2.24, 2.45) is 0 Å². The van der Waals surface area contributed by atoms with E-state index in [1.165, 1.54) is 16.7 Å². The van der Waals surface area contributed by atoms with E-state index in [-0.39, 0.29) is 6.04 Å². The smallest absolute Gasteiger partial charge is 0.119 e. The highest BCUT2D eigenvalue weighted by atomic mass is 16.5. The van der Waals surface area contributed by atoms with Crippen LogP contribution < -0.4 is 10.1 Å². The molecule has 2 rings (SSSR count). The number of nitrogens with one attached hydrogen (secondary N) is 1. The second-order valence-electron chi connectivity index (χ2n) is 5.08. The second-order valence-corrected chi connectivity index (χ2v) is 5.08. The Morgan fingerprint density at radius 1 is 1.00 bits per heavy atom. The van der Waals surface area contributed by atoms with Gasteiger partial charge in [0.1, 0.15) is 5.75 Å². The topological polar surface area (TPSA) is 30.5 Å². The van der Waals surface area contributed by atoms with Crippen molar-refractivity contribution < 1.29 is 9.47 Å². The molecule has 0 aliphatic rings. The molecule has 1 unspecified atom stereocenters. The Morgan fingerprint density at radius 3 is 2.48 bits per heavy atom. The molecule has 0 aliphatic carbocycles. The standard InChI is InChI=1S/C18H23NO2/c1-14(15-9-6-10-18(11-15)21-3)19-12-16-7-4-5-8-17(16)13-20-2/h4-11,14,19H,12-13H2,1-3H3. The van der Waals surface area contributed by atoms with Gasteiger partial charge in [0.15, 0.2) is 0 Å². The molecule has 1 atom stereocenters. The molecule has 0 spiro atoms. The van der Waals surface area contributed by atoms with Gasteiger partial charge in [-0.05, 0) is 35.7 Å². The molecule has 112 valence electrons. The summed E-state index contributed by atoms with van der Waals surface area (Å²) < 4.78 is 10.5. The molecular formula is C18H23NO2. The van der Waals surface area contributed by atoms with Crippen LogP contribution in [0, 0.1) is 0 Å². The van der Waals surface area contributed by atoms with Crippen molar-refractivity contribution in [1.29, 1.82) is 0 Å². The Balaban J connectivity index is 2.02. The molecule has 0 saturated heterocycles. The first kappa shape index (κ1) is 15.5. The van der Waals surface area contributed by atoms with Crippen molar-refractivity contribution in [3.63, 3.8) is 0 Å². The van der Waals surface area contributed by atoms with Gasteiger partial charge in [-0.25, -0.2) is 0 Å². The van der Waals surface area contributed by atoms with E-state index in [0.29, 0.717) is 6.61 Å². The van der Waals surface area contributed by atoms with Gasteiger partial charge in [-0.1, -0.05) is 36.4 Å². The van der Waals surface area contributed by atoms with Crippen molar-refractivity contribution in [3.8, 4) is 5.75 Å². The van der Waals surface area contributed by atoms with Gasteiger partial charge in [0.25, 0.3) is 0 Å². The lowest BCUT2D eigenvalue weighted by Gasteiger charge is -2.16. The maximum absolute atomic E-state index is 5.27. The summed E-state index contributed by atoms with van der Waals surface area (Å²) in [5, 5.41) is 3.55. The molecular weight excluding hydrogens is 262 g/mol. The molecule has 0 bridgehead atoms. The summed E-state index contributed by atoms with van der Waals surface area (Å²) in [6.45, 7) is 3.62. The average Bonchev–Trinajstić information content (AvgIpc) is 2.54. The van der Waals surface area contributed by atoms with Gasteiger partial charge >= 0.3 is 0 Å². The minimum atomic E-state index is 0.260. The van der Waals surface area contributed by atoms with Crippen LogP contribution >= 0.6 is 0 Å². The van der Waals surface area contributed by atoms with Crippen LogP contribution in [0.3, 0.4) is 0 Å². The van der Waals surface area contributed by atoms with E-state index in [1.807, 2.05) is 18.2 Å². The van der Waals surface area contributed by atoms with E-state index >= 15 is 0 Å². The molecule has 3 nitrogen and oxygen atoms in total. The van der Waals surface area contributed by atoms with Gasteiger partial charge < -0.3 is 14.8 Å². The first-order valence-electron chi connectivity index (χ1n) is 7.17. The number of hydrogen-bond donors (Lipinski definition) is 1. The summed E-state index contributed by atoms with van der Waals surface area (Å²) >= 11 is 0. The Bertz CT molecular complexity index is 569. The van der Waals surface area contributed by atoms with E-state index in [1.54, 1.807) is 14.2 Å². The summed E-state index contributed by atoms with van der Waals surface area (Å²) in [6, 6.07) is 16.8. The lowest BCUT2D eigenvalue weighted by Crippen LogP contribution is -2.19. The van der Waals surface area contributed by atoms with E-state index < -0.39 is 0 Å². The van der Waals surface area contributed by atoms with E-state index in [2.05, 4.69) is 42.6 Å². The molecule has 0 fully saturated rings. The molecule has 0 aliphatic heterocycles. The van der Waals surface area contributed by atoms with Crippen LogP contribution in [0.15, 0.2) is 48.5 Å². The molecule has 0 radical (unpaired) electrons. The van der Waals surface area contributed by atoms with Crippen LogP contribution in [0.2, 0.25) is 0 Å². The molecule has 0 aromatic heterocycles. The largest absolute Gasteiger partial charge is 0.497 e. The van der Waals surface area contributed by atoms with Crippen LogP contribution in [0.1, 0.15) is 29.7 Å². The van der Waals surface area contributed by atoms with Gasteiger partial charge in [0.05, 0.1) is 13.7 Å². The zero-order valence-electron chi connectivity index (χ0n) is 12.9. The molecule has 2 aromatic carbocycles. The summed E-state index contributed by atoms with van der Waals surface area (Å²) in [4.78, 5) is 0. The second kappa shape index (κ2) is 7.81. The van der Waals surface area contributed by atoms with Crippen molar-refractivity contribution in [1.82, 2.24) is 5.32 Å². The lowest BCUT2D eigenvalue weighted by molar-refractivity contribution is 0.184. The molecule has 1 N–H and O–H groups in total. The van der Waals surface area contributed by atoms with Gasteiger partial charge in [-0.3, -0.25) is 0 Å². The minimum absolute atomic E-state index is 0.260. The van der Waals surface area contributed by atoms with Crippen molar-refractivity contribution in [2.45, 2.75) is 26.1 Å². The van der Waals surface area contributed by atoms with Crippen molar-refractivity contribution >= 4 is 0 Å². The molecule has 0 heterocycles. The highest BCUT2D eigenvalue weighted by Crippen LogP contribution is 2.19. The number of ether oxygens (including phenoxy) is 2. The van der Waals surface area contributed by atoms with E-state index in [9.17, 15) is 0 Å². The van der Waals surface area contributed by atoms with E-state index in [0.717, 1.165) is 12.3 Å². The number of rotatable bonds is 7. The quantitative estimate of drug-likeness (QED) is 0.841. The normalized spacial score (nSPS) is 12.1. The maximum atomic E-state index is 5.27. The van der Waals surface area contributed by atoms with Crippen LogP contribution in [0.5, 0.6) is 5.75 Å². The molecule has 3 heteroatoms. The number of hydrogen-bond acceptors (Lipinski definition) is 3. The van der Waals surface area contributed by atoms with Crippen molar-refractivity contribution in [2.75, 3.05) is 14.2 Å². The van der Waals surface area contributed by atoms with E-state index in [4.69, 9.17) is 9.47 Å². The first-order chi connectivity index (χ1) is 10.2. The fraction of sp³-hybridized carbons (Fsp3) is 0.333. The highest BCUT2D eigenvalue weighted by molar-refractivity contribution is 5.31. The van der Waals surface area contributed by atoms with Crippen LogP contribution in [-0.4, -0.2) is 14.2 Å². The molecule has 2 aromatic rings. The zero-order valence-corrected chi connectivity index (χ0v) is 12.9. The fourth-order valence-electron chi connectivity index (χ4n) is 2.32. The summed E-state index contributed by atoms with van der Waals surface area (Å²) in [6.07, 6.45) is 0. The Kier molecular flexibility index (Phi) is 5.78. The van der Waals surface area contributed by atoms with Gasteiger partial charge in [-0.2, -0.15) is 0 Å². The SMILES string of the molecule is COCc1ccccc1CNC(C)c1cccc(OC)c1. The Labute approximate surface area is 126 Å². The average molecular weight is 285 g/mol. The summed E-state index contributed by atoms with van der Waals surface area (Å²) in [5.41, 5.74) is 3.72. The molecule has 21 heavy (non-hydrogen) atoms. The monoisotopic (exact) mass is 285 g/mol. The molecule has 0 saturated carbocycles. The highest BCUT2D eigenvalue weighted by Gasteiger charge is 2.07. The number of methoxy groups -OCH3 is 2. The third-order valence-electron chi connectivity index (χ3n) is 3.61. The zero-order chi connectivity index (χ0) is 15.1. The van der Waals surface area contributed by atoms with Crippen LogP contribution in [0.25, 0.3) is 0 Å². The Hall–Kier alpha value is -1.84. The lowest BCUT2D eigenvalue weighted by atomic mass is 10.1. The van der Waals surface area contributed by atoms with Gasteiger partial charge in [0.2, 0.25) is 0 Å². The van der Waals surface area contributed by atoms with Gasteiger partial charge in [0, 0.05) is 19.7 Å². The fourth-order valence-corrected chi connectivity index (χ4v) is 2.32. The van der Waals surface area contributed by atoms with Crippen LogP contribution in [-0.2, 0) is 17.9 Å². The third kappa shape index (κ3) is 4.31. The predicted molar refractivity (Wildman–Crippen MR) is 85.4 cm³/mol. The Morgan fingerprint density at radius 2 is 1.76 bits per heavy atom. The maximum Gasteiger partial charge on any atom is 0.119 e. The van der Waals surface area contributed by atoms with Crippen molar-refractivity contribution in [3.05, 3.63) is 65.2 Å². The number of benzene rings is 2. The van der Waals surface area contributed by atoms with Crippen LogP contribution in [0.4, 0.5) is 0 Å². The molecule has 0 amide bonds. The summed E-state index contributed by atoms with van der Waals surface area (Å²) in [5.74, 6) is 0.890. The van der Waals surface area contributed by atoms with Gasteiger partial charge in [-0.15, -0.1) is 0 Å². The third-order valence-corrected chi connectivity index (χ3v) is 3.61. The first-order valence-corrected chi connectivity index (χ1v) is 7.17. The predicted octanol–water partition coefficient (Wildman–Crippen LogP) is 3.69.